The van der Waals surface area contributed by atoms with E-state index in [4.69, 9.17) is 11.6 Å². The van der Waals surface area contributed by atoms with Gasteiger partial charge in [-0.25, -0.2) is 4.39 Å². The summed E-state index contributed by atoms with van der Waals surface area (Å²) in [6.07, 6.45) is 2.18. The molecule has 0 aliphatic heterocycles. The molecule has 0 atom stereocenters. The Balaban J connectivity index is 1.73. The summed E-state index contributed by atoms with van der Waals surface area (Å²) in [7, 11) is 0. The molecule has 1 amide bonds. The fraction of sp³-hybridized carbons (Fsp3) is 0.261. The zero-order valence-electron chi connectivity index (χ0n) is 16.0. The van der Waals surface area contributed by atoms with Gasteiger partial charge in [0.25, 0.3) is 5.91 Å². The number of nitrogens with zero attached hydrogens (tertiary/aromatic N) is 1. The Kier molecular flexibility index (Phi) is 6.38. The predicted octanol–water partition coefficient (Wildman–Crippen LogP) is 5.19. The average Bonchev–Trinajstić information content (AvgIpc) is 3.04. The summed E-state index contributed by atoms with van der Waals surface area (Å²) in [5.41, 5.74) is 3.62. The Morgan fingerprint density at radius 3 is 2.71 bits per heavy atom. The molecule has 2 aromatic carbocycles. The fourth-order valence-electron chi connectivity index (χ4n) is 3.21. The van der Waals surface area contributed by atoms with Crippen LogP contribution in [0.2, 0.25) is 5.02 Å². The molecule has 0 aliphatic carbocycles. The van der Waals surface area contributed by atoms with Crippen LogP contribution in [-0.4, -0.2) is 17.0 Å². The van der Waals surface area contributed by atoms with Crippen molar-refractivity contribution >= 4 is 28.4 Å². The third-order valence-corrected chi connectivity index (χ3v) is 4.86. The third-order valence-electron chi connectivity index (χ3n) is 4.56. The molecule has 0 bridgehead atoms. The van der Waals surface area contributed by atoms with E-state index < -0.39 is 5.82 Å². The lowest BCUT2D eigenvalue weighted by molar-refractivity contribution is 0.0958. The van der Waals surface area contributed by atoms with E-state index in [0.717, 1.165) is 36.7 Å². The Morgan fingerprint density at radius 1 is 1.18 bits per heavy atom. The quantitative estimate of drug-likeness (QED) is 0.592. The van der Waals surface area contributed by atoms with Crippen molar-refractivity contribution in [3.8, 4) is 11.8 Å². The SMILES string of the molecule is CCCc1ccc2c(c1)cc(C#CCNC(=O)c1ccc(Cl)c(F)c1)n2CC. The van der Waals surface area contributed by atoms with Gasteiger partial charge in [0.2, 0.25) is 0 Å². The molecule has 0 saturated carbocycles. The Bertz CT molecular complexity index is 1080. The summed E-state index contributed by atoms with van der Waals surface area (Å²) in [5, 5.41) is 3.85. The van der Waals surface area contributed by atoms with Crippen molar-refractivity contribution in [3.05, 3.63) is 70.1 Å². The van der Waals surface area contributed by atoms with Crippen molar-refractivity contribution in [2.75, 3.05) is 6.54 Å². The Morgan fingerprint density at radius 2 is 2.00 bits per heavy atom. The van der Waals surface area contributed by atoms with Crippen LogP contribution in [0.25, 0.3) is 10.9 Å². The summed E-state index contributed by atoms with van der Waals surface area (Å²) in [5.74, 6) is 5.12. The van der Waals surface area contributed by atoms with Crippen LogP contribution < -0.4 is 5.32 Å². The number of hydrogen-bond acceptors (Lipinski definition) is 1. The van der Waals surface area contributed by atoms with Gasteiger partial charge in [-0.1, -0.05) is 36.9 Å². The lowest BCUT2D eigenvalue weighted by Gasteiger charge is -2.04. The van der Waals surface area contributed by atoms with Crippen LogP contribution in [0.5, 0.6) is 0 Å². The van der Waals surface area contributed by atoms with Crippen molar-refractivity contribution in [1.29, 1.82) is 0 Å². The number of halogens is 2. The second kappa shape index (κ2) is 8.95. The number of rotatable bonds is 5. The van der Waals surface area contributed by atoms with Gasteiger partial charge in [-0.3, -0.25) is 4.79 Å². The standard InChI is InChI=1S/C23H22ClFN2O/c1-3-6-16-8-11-22-18(13-16)14-19(27(22)4-2)7-5-12-26-23(28)17-9-10-20(24)21(25)15-17/h8-11,13-15H,3-4,6,12H2,1-2H3,(H,26,28). The Labute approximate surface area is 169 Å². The summed E-state index contributed by atoms with van der Waals surface area (Å²) in [6.45, 7) is 5.25. The van der Waals surface area contributed by atoms with E-state index in [-0.39, 0.29) is 23.0 Å². The molecule has 3 aromatic rings. The number of benzene rings is 2. The summed E-state index contributed by atoms with van der Waals surface area (Å²) in [4.78, 5) is 12.1. The van der Waals surface area contributed by atoms with Gasteiger partial charge in [0.1, 0.15) is 5.82 Å². The number of aromatic nitrogens is 1. The maximum Gasteiger partial charge on any atom is 0.252 e. The van der Waals surface area contributed by atoms with Crippen LogP contribution in [0.1, 0.15) is 41.9 Å². The first-order valence-electron chi connectivity index (χ1n) is 9.37. The van der Waals surface area contributed by atoms with Gasteiger partial charge < -0.3 is 9.88 Å². The smallest absolute Gasteiger partial charge is 0.252 e. The first-order valence-corrected chi connectivity index (χ1v) is 9.75. The molecule has 0 unspecified atom stereocenters. The monoisotopic (exact) mass is 396 g/mol. The highest BCUT2D eigenvalue weighted by molar-refractivity contribution is 6.30. The van der Waals surface area contributed by atoms with Crippen LogP contribution >= 0.6 is 11.6 Å². The molecule has 1 aromatic heterocycles. The van der Waals surface area contributed by atoms with E-state index >= 15 is 0 Å². The van der Waals surface area contributed by atoms with E-state index in [0.29, 0.717) is 0 Å². The zero-order chi connectivity index (χ0) is 20.1. The van der Waals surface area contributed by atoms with Crippen LogP contribution in [0.4, 0.5) is 4.39 Å². The van der Waals surface area contributed by atoms with Gasteiger partial charge >= 0.3 is 0 Å². The van der Waals surface area contributed by atoms with Crippen molar-refractivity contribution in [2.45, 2.75) is 33.2 Å². The maximum atomic E-state index is 13.5. The molecular weight excluding hydrogens is 375 g/mol. The molecule has 5 heteroatoms. The minimum Gasteiger partial charge on any atom is -0.341 e. The van der Waals surface area contributed by atoms with Gasteiger partial charge in [-0.15, -0.1) is 0 Å². The molecule has 0 saturated heterocycles. The number of aryl methyl sites for hydroxylation is 2. The number of fused-ring (bicyclic) bond motifs is 1. The molecule has 1 N–H and O–H groups in total. The molecule has 3 nitrogen and oxygen atoms in total. The van der Waals surface area contributed by atoms with Crippen molar-refractivity contribution < 1.29 is 9.18 Å². The van der Waals surface area contributed by atoms with E-state index in [1.165, 1.54) is 23.1 Å². The lowest BCUT2D eigenvalue weighted by Crippen LogP contribution is -2.23. The molecule has 1 heterocycles. The lowest BCUT2D eigenvalue weighted by atomic mass is 10.1. The van der Waals surface area contributed by atoms with E-state index in [1.807, 2.05) is 0 Å². The second-order valence-electron chi connectivity index (χ2n) is 6.53. The third kappa shape index (κ3) is 4.37. The summed E-state index contributed by atoms with van der Waals surface area (Å²) >= 11 is 5.64. The topological polar surface area (TPSA) is 34.0 Å². The average molecular weight is 397 g/mol. The number of carbonyl (C=O) groups is 1. The molecule has 28 heavy (non-hydrogen) atoms. The molecule has 0 spiro atoms. The minimum absolute atomic E-state index is 0.00849. The highest BCUT2D eigenvalue weighted by Gasteiger charge is 2.08. The molecule has 0 fully saturated rings. The van der Waals surface area contributed by atoms with Gasteiger partial charge in [0.05, 0.1) is 17.3 Å². The van der Waals surface area contributed by atoms with Crippen LogP contribution in [0.3, 0.4) is 0 Å². The maximum absolute atomic E-state index is 13.5. The van der Waals surface area contributed by atoms with Gasteiger partial charge in [-0.05, 0) is 61.2 Å². The Hall–Kier alpha value is -2.77. The molecule has 0 aliphatic rings. The van der Waals surface area contributed by atoms with Crippen molar-refractivity contribution in [2.24, 2.45) is 0 Å². The van der Waals surface area contributed by atoms with Gasteiger partial charge in [0.15, 0.2) is 0 Å². The number of hydrogen-bond donors (Lipinski definition) is 1. The molecule has 0 radical (unpaired) electrons. The number of amides is 1. The number of carbonyl (C=O) groups excluding carboxylic acids is 1. The first kappa shape index (κ1) is 20.0. The fourth-order valence-corrected chi connectivity index (χ4v) is 3.33. The highest BCUT2D eigenvalue weighted by atomic mass is 35.5. The van der Waals surface area contributed by atoms with Crippen LogP contribution in [0.15, 0.2) is 42.5 Å². The zero-order valence-corrected chi connectivity index (χ0v) is 16.7. The molecular formula is C23H22ClFN2O. The van der Waals surface area contributed by atoms with Gasteiger partial charge in [0, 0.05) is 23.0 Å². The second-order valence-corrected chi connectivity index (χ2v) is 6.94. The first-order chi connectivity index (χ1) is 13.5. The largest absolute Gasteiger partial charge is 0.341 e. The summed E-state index contributed by atoms with van der Waals surface area (Å²) < 4.78 is 15.6. The van der Waals surface area contributed by atoms with Gasteiger partial charge in [-0.2, -0.15) is 0 Å². The normalized spacial score (nSPS) is 10.6. The van der Waals surface area contributed by atoms with E-state index in [9.17, 15) is 9.18 Å². The van der Waals surface area contributed by atoms with Crippen LogP contribution in [0, 0.1) is 17.7 Å². The van der Waals surface area contributed by atoms with Crippen molar-refractivity contribution in [3.63, 3.8) is 0 Å². The molecule has 3 rings (SSSR count). The molecule has 144 valence electrons. The highest BCUT2D eigenvalue weighted by Crippen LogP contribution is 2.22. The van der Waals surface area contributed by atoms with E-state index in [2.05, 4.69) is 59.8 Å². The van der Waals surface area contributed by atoms with E-state index in [1.54, 1.807) is 0 Å². The predicted molar refractivity (Wildman–Crippen MR) is 112 cm³/mol. The number of nitrogens with one attached hydrogen (secondary N) is 1. The summed E-state index contributed by atoms with van der Waals surface area (Å²) in [6, 6.07) is 12.6. The van der Waals surface area contributed by atoms with Crippen LogP contribution in [-0.2, 0) is 13.0 Å². The van der Waals surface area contributed by atoms with Crippen molar-refractivity contribution in [1.82, 2.24) is 9.88 Å². The minimum atomic E-state index is -0.615.